The van der Waals surface area contributed by atoms with Crippen molar-refractivity contribution >= 4 is 5.97 Å². The predicted molar refractivity (Wildman–Crippen MR) is 68.0 cm³/mol. The fourth-order valence-electron chi connectivity index (χ4n) is 1.41. The zero-order valence-corrected chi connectivity index (χ0v) is 11.7. The summed E-state index contributed by atoms with van der Waals surface area (Å²) >= 11 is 0. The van der Waals surface area contributed by atoms with Crippen molar-refractivity contribution in [3.05, 3.63) is 0 Å². The monoisotopic (exact) mass is 246 g/mol. The van der Waals surface area contributed by atoms with Crippen LogP contribution in [0.1, 0.15) is 13.8 Å². The van der Waals surface area contributed by atoms with E-state index in [2.05, 4.69) is 17.3 Å². The molecule has 0 aliphatic carbocycles. The van der Waals surface area contributed by atoms with Gasteiger partial charge in [-0.1, -0.05) is 6.92 Å². The molecule has 1 N–H and O–H groups in total. The molecule has 0 amide bonds. The van der Waals surface area contributed by atoms with E-state index < -0.39 is 0 Å². The molecule has 2 unspecified atom stereocenters. The van der Waals surface area contributed by atoms with Gasteiger partial charge in [0.25, 0.3) is 0 Å². The Kier molecular flexibility index (Phi) is 9.03. The maximum Gasteiger partial charge on any atom is 0.309 e. The predicted octanol–water partition coefficient (Wildman–Crippen LogP) is 0.352. The molecule has 0 radical (unpaired) electrons. The molecule has 2 atom stereocenters. The minimum Gasteiger partial charge on any atom is -0.469 e. The molecule has 5 nitrogen and oxygen atoms in total. The van der Waals surface area contributed by atoms with Gasteiger partial charge in [0.2, 0.25) is 0 Å². The maximum atomic E-state index is 11.3. The van der Waals surface area contributed by atoms with Crippen LogP contribution in [0.3, 0.4) is 0 Å². The molecule has 0 aromatic heterocycles. The topological polar surface area (TPSA) is 50.8 Å². The van der Waals surface area contributed by atoms with Crippen molar-refractivity contribution in [1.82, 2.24) is 10.2 Å². The molecule has 0 bridgehead atoms. The number of carbonyl (C=O) groups is 1. The molecule has 0 spiro atoms. The van der Waals surface area contributed by atoms with Crippen molar-refractivity contribution in [1.29, 1.82) is 0 Å². The van der Waals surface area contributed by atoms with Crippen molar-refractivity contribution in [2.75, 3.05) is 47.5 Å². The van der Waals surface area contributed by atoms with Crippen LogP contribution in [0, 0.1) is 5.92 Å². The van der Waals surface area contributed by atoms with Gasteiger partial charge in [-0.3, -0.25) is 4.79 Å². The third kappa shape index (κ3) is 7.31. The van der Waals surface area contributed by atoms with Crippen LogP contribution in [0.5, 0.6) is 0 Å². The summed E-state index contributed by atoms with van der Waals surface area (Å²) in [5, 5.41) is 3.32. The van der Waals surface area contributed by atoms with Crippen molar-refractivity contribution in [3.8, 4) is 0 Å². The molecule has 0 saturated heterocycles. The Bertz CT molecular complexity index is 212. The fourth-order valence-corrected chi connectivity index (χ4v) is 1.41. The van der Waals surface area contributed by atoms with E-state index in [0.717, 1.165) is 26.2 Å². The summed E-state index contributed by atoms with van der Waals surface area (Å²) < 4.78 is 9.71. The van der Waals surface area contributed by atoms with Gasteiger partial charge in [-0.05, 0) is 14.0 Å². The third-order valence-electron chi connectivity index (χ3n) is 2.96. The van der Waals surface area contributed by atoms with Crippen LogP contribution in [0.25, 0.3) is 0 Å². The molecule has 0 aliphatic rings. The molecule has 102 valence electrons. The molecule has 0 rings (SSSR count). The number of carbonyl (C=O) groups excluding carboxylic acids is 1. The van der Waals surface area contributed by atoms with Crippen molar-refractivity contribution in [2.45, 2.75) is 19.9 Å². The van der Waals surface area contributed by atoms with E-state index in [9.17, 15) is 4.79 Å². The Morgan fingerprint density at radius 3 is 2.47 bits per heavy atom. The summed E-state index contributed by atoms with van der Waals surface area (Å²) in [4.78, 5) is 13.5. The van der Waals surface area contributed by atoms with Crippen LogP contribution in [0.15, 0.2) is 0 Å². The van der Waals surface area contributed by atoms with Gasteiger partial charge in [0.15, 0.2) is 0 Å². The second kappa shape index (κ2) is 9.39. The van der Waals surface area contributed by atoms with Gasteiger partial charge in [0.1, 0.15) is 0 Å². The van der Waals surface area contributed by atoms with Gasteiger partial charge in [0, 0.05) is 32.8 Å². The first-order chi connectivity index (χ1) is 8.02. The van der Waals surface area contributed by atoms with E-state index >= 15 is 0 Å². The zero-order valence-electron chi connectivity index (χ0n) is 11.7. The Morgan fingerprint density at radius 2 is 1.94 bits per heavy atom. The average molecular weight is 246 g/mol. The summed E-state index contributed by atoms with van der Waals surface area (Å²) in [6, 6.07) is 0.123. The first kappa shape index (κ1) is 16.4. The van der Waals surface area contributed by atoms with Crippen LogP contribution in [0.2, 0.25) is 0 Å². The van der Waals surface area contributed by atoms with Crippen LogP contribution in [-0.4, -0.2) is 64.4 Å². The Morgan fingerprint density at radius 1 is 1.29 bits per heavy atom. The van der Waals surface area contributed by atoms with Crippen LogP contribution < -0.4 is 5.32 Å². The minimum absolute atomic E-state index is 0.121. The second-order valence-corrected chi connectivity index (χ2v) is 4.35. The zero-order chi connectivity index (χ0) is 13.3. The minimum atomic E-state index is -0.169. The first-order valence-corrected chi connectivity index (χ1v) is 6.01. The lowest BCUT2D eigenvalue weighted by molar-refractivity contribution is -0.145. The largest absolute Gasteiger partial charge is 0.469 e. The number of ether oxygens (including phenoxy) is 2. The highest BCUT2D eigenvalue weighted by atomic mass is 16.5. The molecule has 0 heterocycles. The van der Waals surface area contributed by atoms with E-state index in [1.54, 1.807) is 7.11 Å². The summed E-state index contributed by atoms with van der Waals surface area (Å²) in [7, 11) is 5.17. The maximum absolute atomic E-state index is 11.3. The van der Waals surface area contributed by atoms with E-state index in [1.165, 1.54) is 7.11 Å². The number of nitrogens with zero attached hydrogens (tertiary/aromatic N) is 1. The molecule has 0 aromatic carbocycles. The van der Waals surface area contributed by atoms with Gasteiger partial charge in [-0.2, -0.15) is 0 Å². The number of likely N-dealkylation sites (N-methyl/N-ethyl adjacent to an activating group) is 1. The van der Waals surface area contributed by atoms with E-state index in [1.807, 2.05) is 13.8 Å². The number of hydrogen-bond donors (Lipinski definition) is 1. The Hall–Kier alpha value is -0.650. The van der Waals surface area contributed by atoms with Crippen molar-refractivity contribution in [2.24, 2.45) is 5.92 Å². The summed E-state index contributed by atoms with van der Waals surface area (Å²) in [6.45, 7) is 7.31. The van der Waals surface area contributed by atoms with Gasteiger partial charge in [-0.15, -0.1) is 0 Å². The van der Waals surface area contributed by atoms with Gasteiger partial charge < -0.3 is 19.7 Å². The molecule has 0 aliphatic heterocycles. The fraction of sp³-hybridized carbons (Fsp3) is 0.917. The Labute approximate surface area is 104 Å². The highest BCUT2D eigenvalue weighted by Gasteiger charge is 2.19. The van der Waals surface area contributed by atoms with E-state index in [0.29, 0.717) is 0 Å². The molecule has 0 saturated carbocycles. The SMILES string of the molecule is COCCN(C)CCNC(C)C(C)C(=O)OC. The lowest BCUT2D eigenvalue weighted by Crippen LogP contribution is -2.40. The normalized spacial score (nSPS) is 14.7. The average Bonchev–Trinajstić information content (AvgIpc) is 2.34. The molecule has 0 fully saturated rings. The van der Waals surface area contributed by atoms with Gasteiger partial charge >= 0.3 is 5.97 Å². The standard InChI is InChI=1S/C12H26N2O3/c1-10(12(15)17-5)11(2)13-6-7-14(3)8-9-16-4/h10-11,13H,6-9H2,1-5H3. The van der Waals surface area contributed by atoms with Crippen LogP contribution in [-0.2, 0) is 14.3 Å². The third-order valence-corrected chi connectivity index (χ3v) is 2.96. The molecular formula is C12H26N2O3. The number of nitrogens with one attached hydrogen (secondary N) is 1. The number of methoxy groups -OCH3 is 2. The lowest BCUT2D eigenvalue weighted by atomic mass is 10.0. The number of hydrogen-bond acceptors (Lipinski definition) is 5. The Balaban J connectivity index is 3.69. The highest BCUT2D eigenvalue weighted by molar-refractivity contribution is 5.72. The highest BCUT2D eigenvalue weighted by Crippen LogP contribution is 2.03. The smallest absolute Gasteiger partial charge is 0.309 e. The van der Waals surface area contributed by atoms with Crippen LogP contribution in [0.4, 0.5) is 0 Å². The summed E-state index contributed by atoms with van der Waals surface area (Å²) in [6.07, 6.45) is 0. The summed E-state index contributed by atoms with van der Waals surface area (Å²) in [5.74, 6) is -0.290. The molecule has 5 heteroatoms. The number of esters is 1. The first-order valence-electron chi connectivity index (χ1n) is 6.01. The van der Waals surface area contributed by atoms with Gasteiger partial charge in [-0.25, -0.2) is 0 Å². The second-order valence-electron chi connectivity index (χ2n) is 4.35. The molecule has 0 aromatic rings. The van der Waals surface area contributed by atoms with Crippen molar-refractivity contribution in [3.63, 3.8) is 0 Å². The van der Waals surface area contributed by atoms with E-state index in [4.69, 9.17) is 9.47 Å². The van der Waals surface area contributed by atoms with Crippen LogP contribution >= 0.6 is 0 Å². The van der Waals surface area contributed by atoms with Crippen molar-refractivity contribution < 1.29 is 14.3 Å². The molecule has 17 heavy (non-hydrogen) atoms. The summed E-state index contributed by atoms with van der Waals surface area (Å²) in [5.41, 5.74) is 0. The quantitative estimate of drug-likeness (QED) is 0.595. The lowest BCUT2D eigenvalue weighted by Gasteiger charge is -2.21. The van der Waals surface area contributed by atoms with Gasteiger partial charge in [0.05, 0.1) is 19.6 Å². The molecular weight excluding hydrogens is 220 g/mol. The van der Waals surface area contributed by atoms with E-state index in [-0.39, 0.29) is 17.9 Å². The number of rotatable bonds is 9.